The van der Waals surface area contributed by atoms with E-state index in [9.17, 15) is 10.1 Å². The summed E-state index contributed by atoms with van der Waals surface area (Å²) in [6.07, 6.45) is 5.05. The van der Waals surface area contributed by atoms with Crippen molar-refractivity contribution in [2.75, 3.05) is 5.32 Å². The summed E-state index contributed by atoms with van der Waals surface area (Å²) in [7, 11) is 0. The summed E-state index contributed by atoms with van der Waals surface area (Å²) in [4.78, 5) is 22.5. The number of unbranched alkanes of at least 4 members (excludes halogenated alkanes) is 2. The third kappa shape index (κ3) is 4.13. The number of hydrogen-bond donors (Lipinski definition) is 1. The van der Waals surface area contributed by atoms with Gasteiger partial charge >= 0.3 is 0 Å². The van der Waals surface area contributed by atoms with Crippen molar-refractivity contribution in [3.8, 4) is 6.07 Å². The SMILES string of the molecule is CCCCC[C@H](CC)n1c(NC(=O)c2ccc(Br)o2)c(C#N)c2nc3ccccc3nc21. The van der Waals surface area contributed by atoms with Gasteiger partial charge in [-0.15, -0.1) is 0 Å². The Morgan fingerprint density at radius 1 is 1.19 bits per heavy atom. The number of nitrogens with zero attached hydrogens (tertiary/aromatic N) is 4. The largest absolute Gasteiger partial charge is 0.444 e. The smallest absolute Gasteiger partial charge is 0.292 e. The van der Waals surface area contributed by atoms with Gasteiger partial charge in [-0.05, 0) is 53.0 Å². The maximum absolute atomic E-state index is 12.9. The molecule has 0 bridgehead atoms. The molecule has 0 radical (unpaired) electrons. The Kier molecular flexibility index (Phi) is 6.56. The predicted octanol–water partition coefficient (Wildman–Crippen LogP) is 6.60. The van der Waals surface area contributed by atoms with Crippen molar-refractivity contribution in [1.29, 1.82) is 5.26 Å². The van der Waals surface area contributed by atoms with Crippen molar-refractivity contribution >= 4 is 49.9 Å². The number of para-hydroxylation sites is 2. The van der Waals surface area contributed by atoms with Crippen LogP contribution in [0.25, 0.3) is 22.2 Å². The molecule has 1 aromatic carbocycles. The second-order valence-corrected chi connectivity index (χ2v) is 8.49. The third-order valence-corrected chi connectivity index (χ3v) is 6.04. The van der Waals surface area contributed by atoms with Gasteiger partial charge in [0.25, 0.3) is 5.91 Å². The van der Waals surface area contributed by atoms with Gasteiger partial charge in [0.15, 0.2) is 16.1 Å². The number of rotatable bonds is 8. The Morgan fingerprint density at radius 3 is 2.56 bits per heavy atom. The van der Waals surface area contributed by atoms with Crippen LogP contribution in [-0.4, -0.2) is 20.4 Å². The lowest BCUT2D eigenvalue weighted by Crippen LogP contribution is -2.18. The number of nitrogens with one attached hydrogen (secondary N) is 1. The van der Waals surface area contributed by atoms with E-state index >= 15 is 0 Å². The summed E-state index contributed by atoms with van der Waals surface area (Å²) in [6.45, 7) is 4.28. The molecule has 0 aliphatic rings. The Morgan fingerprint density at radius 2 is 1.94 bits per heavy atom. The zero-order chi connectivity index (χ0) is 22.7. The maximum atomic E-state index is 12.9. The average molecular weight is 494 g/mol. The molecule has 0 unspecified atom stereocenters. The molecule has 164 valence electrons. The highest BCUT2D eigenvalue weighted by molar-refractivity contribution is 9.10. The van der Waals surface area contributed by atoms with Crippen LogP contribution in [0.1, 0.15) is 68.1 Å². The van der Waals surface area contributed by atoms with Crippen LogP contribution in [0.4, 0.5) is 5.82 Å². The molecule has 3 heterocycles. The molecule has 0 saturated carbocycles. The molecular formula is C24H24BrN5O2. The van der Waals surface area contributed by atoms with Crippen molar-refractivity contribution in [2.45, 2.75) is 52.0 Å². The molecule has 4 rings (SSSR count). The van der Waals surface area contributed by atoms with Gasteiger partial charge in [-0.2, -0.15) is 5.26 Å². The number of nitriles is 1. The summed E-state index contributed by atoms with van der Waals surface area (Å²) in [5.41, 5.74) is 2.88. The van der Waals surface area contributed by atoms with Gasteiger partial charge in [0.1, 0.15) is 23.0 Å². The fourth-order valence-electron chi connectivity index (χ4n) is 4.00. The van der Waals surface area contributed by atoms with E-state index in [0.29, 0.717) is 32.7 Å². The first-order valence-electron chi connectivity index (χ1n) is 10.8. The molecule has 0 fully saturated rings. The fraction of sp³-hybridized carbons (Fsp3) is 0.333. The topological polar surface area (TPSA) is 96.7 Å². The number of halogens is 1. The van der Waals surface area contributed by atoms with Crippen molar-refractivity contribution in [3.05, 3.63) is 52.4 Å². The Labute approximate surface area is 194 Å². The minimum Gasteiger partial charge on any atom is -0.444 e. The predicted molar refractivity (Wildman–Crippen MR) is 128 cm³/mol. The minimum atomic E-state index is -0.427. The number of anilines is 1. The van der Waals surface area contributed by atoms with Crippen LogP contribution in [-0.2, 0) is 0 Å². The monoisotopic (exact) mass is 493 g/mol. The standard InChI is InChI=1S/C24H24BrN5O2/c1-3-5-6-9-15(4-2)30-22(29-24(31)19-12-13-20(25)32-19)16(14-26)21-23(30)28-18-11-8-7-10-17(18)27-21/h7-8,10-13,15H,3-6,9H2,1-2H3,(H,29,31)/t15-/m0/s1. The summed E-state index contributed by atoms with van der Waals surface area (Å²) in [6, 6.07) is 13.1. The second kappa shape index (κ2) is 9.53. The molecule has 4 aromatic rings. The Bertz CT molecular complexity index is 1320. The van der Waals surface area contributed by atoms with E-state index < -0.39 is 5.91 Å². The number of furan rings is 1. The van der Waals surface area contributed by atoms with E-state index in [-0.39, 0.29) is 11.8 Å². The molecule has 0 spiro atoms. The first-order valence-corrected chi connectivity index (χ1v) is 11.6. The number of benzene rings is 1. The lowest BCUT2D eigenvalue weighted by Gasteiger charge is -2.21. The summed E-state index contributed by atoms with van der Waals surface area (Å²) in [5, 5.41) is 13.0. The number of amides is 1. The van der Waals surface area contributed by atoms with Crippen molar-refractivity contribution in [3.63, 3.8) is 0 Å². The van der Waals surface area contributed by atoms with E-state index in [0.717, 1.165) is 37.6 Å². The first kappa shape index (κ1) is 22.0. The van der Waals surface area contributed by atoms with Gasteiger partial charge in [0.2, 0.25) is 0 Å². The van der Waals surface area contributed by atoms with Crippen LogP contribution in [0.2, 0.25) is 0 Å². The van der Waals surface area contributed by atoms with Crippen molar-refractivity contribution in [2.24, 2.45) is 0 Å². The maximum Gasteiger partial charge on any atom is 0.292 e. The Balaban J connectivity index is 1.91. The quantitative estimate of drug-likeness (QED) is 0.279. The van der Waals surface area contributed by atoms with Gasteiger partial charge in [-0.3, -0.25) is 4.79 Å². The fourth-order valence-corrected chi connectivity index (χ4v) is 4.31. The van der Waals surface area contributed by atoms with Crippen LogP contribution in [0.15, 0.2) is 45.5 Å². The molecule has 0 aliphatic carbocycles. The number of hydrogen-bond acceptors (Lipinski definition) is 5. The van der Waals surface area contributed by atoms with E-state index in [1.165, 1.54) is 0 Å². The van der Waals surface area contributed by atoms with E-state index in [2.05, 4.69) is 41.2 Å². The van der Waals surface area contributed by atoms with Crippen LogP contribution >= 0.6 is 15.9 Å². The summed E-state index contributed by atoms with van der Waals surface area (Å²) < 4.78 is 7.86. The van der Waals surface area contributed by atoms with Gasteiger partial charge in [0.05, 0.1) is 11.0 Å². The number of aromatic nitrogens is 3. The lowest BCUT2D eigenvalue weighted by atomic mass is 10.1. The average Bonchev–Trinajstić information content (AvgIpc) is 3.36. The van der Waals surface area contributed by atoms with E-state index in [4.69, 9.17) is 14.4 Å². The Hall–Kier alpha value is -3.18. The summed E-state index contributed by atoms with van der Waals surface area (Å²) in [5.74, 6) is 0.144. The number of carbonyl (C=O) groups excluding carboxylic acids is 1. The molecule has 0 aliphatic heterocycles. The zero-order valence-electron chi connectivity index (χ0n) is 18.1. The van der Waals surface area contributed by atoms with Crippen LogP contribution < -0.4 is 5.32 Å². The number of fused-ring (bicyclic) bond motifs is 2. The van der Waals surface area contributed by atoms with Gasteiger partial charge in [0, 0.05) is 6.04 Å². The third-order valence-electron chi connectivity index (χ3n) is 5.61. The van der Waals surface area contributed by atoms with Crippen molar-refractivity contribution < 1.29 is 9.21 Å². The lowest BCUT2D eigenvalue weighted by molar-refractivity contribution is 0.0994. The van der Waals surface area contributed by atoms with Crippen LogP contribution in [0.3, 0.4) is 0 Å². The second-order valence-electron chi connectivity index (χ2n) is 7.71. The molecule has 3 aromatic heterocycles. The van der Waals surface area contributed by atoms with Gasteiger partial charge in [-0.25, -0.2) is 9.97 Å². The van der Waals surface area contributed by atoms with Gasteiger partial charge < -0.3 is 14.3 Å². The molecule has 1 N–H and O–H groups in total. The molecule has 8 heteroatoms. The zero-order valence-corrected chi connectivity index (χ0v) is 19.6. The van der Waals surface area contributed by atoms with Crippen LogP contribution in [0.5, 0.6) is 0 Å². The van der Waals surface area contributed by atoms with Crippen LogP contribution in [0, 0.1) is 11.3 Å². The van der Waals surface area contributed by atoms with Crippen molar-refractivity contribution in [1.82, 2.24) is 14.5 Å². The van der Waals surface area contributed by atoms with Gasteiger partial charge in [-0.1, -0.05) is 45.2 Å². The highest BCUT2D eigenvalue weighted by Gasteiger charge is 2.27. The molecule has 0 saturated heterocycles. The normalized spacial score (nSPS) is 12.2. The molecular weight excluding hydrogens is 470 g/mol. The van der Waals surface area contributed by atoms with E-state index in [1.807, 2.05) is 28.8 Å². The molecule has 7 nitrogen and oxygen atoms in total. The molecule has 32 heavy (non-hydrogen) atoms. The highest BCUT2D eigenvalue weighted by atomic mass is 79.9. The molecule has 1 atom stereocenters. The number of carbonyl (C=O) groups is 1. The van der Waals surface area contributed by atoms with E-state index in [1.54, 1.807) is 12.1 Å². The molecule has 1 amide bonds. The summed E-state index contributed by atoms with van der Waals surface area (Å²) >= 11 is 3.23. The minimum absolute atomic E-state index is 0.0697. The first-order chi connectivity index (χ1) is 15.6. The highest BCUT2D eigenvalue weighted by Crippen LogP contribution is 2.35.